The summed E-state index contributed by atoms with van der Waals surface area (Å²) in [5, 5.41) is 3.19. The van der Waals surface area contributed by atoms with E-state index in [-0.39, 0.29) is 12.4 Å². The molecular formula is C18H18ClNO4S. The van der Waals surface area contributed by atoms with Gasteiger partial charge in [-0.3, -0.25) is 9.59 Å². The second-order valence-electron chi connectivity index (χ2n) is 5.13. The van der Waals surface area contributed by atoms with Crippen molar-refractivity contribution >= 4 is 40.9 Å². The Labute approximate surface area is 155 Å². The van der Waals surface area contributed by atoms with Gasteiger partial charge >= 0.3 is 5.97 Å². The smallest absolute Gasteiger partial charge is 0.316 e. The summed E-state index contributed by atoms with van der Waals surface area (Å²) >= 11 is 7.23. The molecule has 0 aromatic heterocycles. The van der Waals surface area contributed by atoms with Crippen LogP contribution in [0.1, 0.15) is 5.56 Å². The van der Waals surface area contributed by atoms with Crippen molar-refractivity contribution in [2.24, 2.45) is 0 Å². The third-order valence-electron chi connectivity index (χ3n) is 3.25. The minimum atomic E-state index is -0.459. The monoisotopic (exact) mass is 379 g/mol. The maximum absolute atomic E-state index is 11.9. The number of benzene rings is 2. The van der Waals surface area contributed by atoms with Gasteiger partial charge < -0.3 is 14.8 Å². The number of hydrogen-bond acceptors (Lipinski definition) is 5. The Morgan fingerprint density at radius 1 is 1.16 bits per heavy atom. The van der Waals surface area contributed by atoms with E-state index in [1.165, 1.54) is 11.8 Å². The van der Waals surface area contributed by atoms with Crippen molar-refractivity contribution in [3.63, 3.8) is 0 Å². The Hall–Kier alpha value is -2.18. The molecule has 0 aliphatic heterocycles. The maximum Gasteiger partial charge on any atom is 0.316 e. The van der Waals surface area contributed by atoms with Gasteiger partial charge in [-0.05, 0) is 48.9 Å². The van der Waals surface area contributed by atoms with E-state index >= 15 is 0 Å². The van der Waals surface area contributed by atoms with Crippen molar-refractivity contribution in [2.75, 3.05) is 24.8 Å². The van der Waals surface area contributed by atoms with Crippen molar-refractivity contribution in [1.82, 2.24) is 0 Å². The molecule has 5 nitrogen and oxygen atoms in total. The summed E-state index contributed by atoms with van der Waals surface area (Å²) in [6.07, 6.45) is 0. The number of methoxy groups -OCH3 is 1. The maximum atomic E-state index is 11.9. The highest BCUT2D eigenvalue weighted by Crippen LogP contribution is 2.22. The first-order valence-electron chi connectivity index (χ1n) is 7.46. The first-order valence-corrected chi connectivity index (χ1v) is 8.83. The highest BCUT2D eigenvalue weighted by molar-refractivity contribution is 8.00. The highest BCUT2D eigenvalue weighted by atomic mass is 35.5. The van der Waals surface area contributed by atoms with Crippen LogP contribution in [0.25, 0.3) is 0 Å². The average Bonchev–Trinajstić information content (AvgIpc) is 2.61. The molecule has 0 aliphatic rings. The van der Waals surface area contributed by atoms with E-state index in [1.807, 2.05) is 31.2 Å². The lowest BCUT2D eigenvalue weighted by Gasteiger charge is -2.09. The van der Waals surface area contributed by atoms with E-state index < -0.39 is 11.9 Å². The van der Waals surface area contributed by atoms with Crippen LogP contribution in [0.15, 0.2) is 47.4 Å². The summed E-state index contributed by atoms with van der Waals surface area (Å²) in [7, 11) is 1.59. The molecule has 1 amide bonds. The predicted octanol–water partition coefficient (Wildman–Crippen LogP) is 3.93. The summed E-state index contributed by atoms with van der Waals surface area (Å²) < 4.78 is 10.1. The zero-order valence-electron chi connectivity index (χ0n) is 13.9. The van der Waals surface area contributed by atoms with Gasteiger partial charge in [0.05, 0.1) is 12.9 Å². The van der Waals surface area contributed by atoms with Gasteiger partial charge in [0, 0.05) is 15.6 Å². The molecule has 0 saturated carbocycles. The highest BCUT2D eigenvalue weighted by Gasteiger charge is 2.10. The lowest BCUT2D eigenvalue weighted by Crippen LogP contribution is -2.22. The second kappa shape index (κ2) is 9.34. The lowest BCUT2D eigenvalue weighted by atomic mass is 10.2. The zero-order valence-corrected chi connectivity index (χ0v) is 15.4. The lowest BCUT2D eigenvalue weighted by molar-refractivity contribution is -0.144. The first-order chi connectivity index (χ1) is 12.0. The number of hydrogen-bond donors (Lipinski definition) is 1. The number of anilines is 1. The fourth-order valence-corrected chi connectivity index (χ4v) is 2.79. The fourth-order valence-electron chi connectivity index (χ4n) is 1.92. The number of carbonyl (C=O) groups excluding carboxylic acids is 2. The van der Waals surface area contributed by atoms with Crippen molar-refractivity contribution in [3.8, 4) is 5.75 Å². The van der Waals surface area contributed by atoms with Crippen molar-refractivity contribution < 1.29 is 19.1 Å². The number of amides is 1. The van der Waals surface area contributed by atoms with Crippen LogP contribution in [0.3, 0.4) is 0 Å². The van der Waals surface area contributed by atoms with Crippen LogP contribution in [0.4, 0.5) is 5.69 Å². The number of aryl methyl sites for hydroxylation is 1. The Bertz CT molecular complexity index is 749. The zero-order chi connectivity index (χ0) is 18.2. The number of nitrogens with one attached hydrogen (secondary N) is 1. The van der Waals surface area contributed by atoms with Gasteiger partial charge in [-0.1, -0.05) is 17.7 Å². The van der Waals surface area contributed by atoms with E-state index in [4.69, 9.17) is 21.1 Å². The minimum Gasteiger partial charge on any atom is -0.497 e. The number of carbonyl (C=O) groups is 2. The van der Waals surface area contributed by atoms with Gasteiger partial charge in [0.15, 0.2) is 6.61 Å². The van der Waals surface area contributed by atoms with E-state index in [1.54, 1.807) is 25.3 Å². The summed E-state index contributed by atoms with van der Waals surface area (Å²) in [5.74, 6) is 0.00218. The van der Waals surface area contributed by atoms with Gasteiger partial charge in [0.1, 0.15) is 5.75 Å². The fraction of sp³-hybridized carbons (Fsp3) is 0.222. The standard InChI is InChI=1S/C18H18ClNO4S/c1-12-3-4-13(19)9-16(12)20-17(21)10-24-18(22)11-25-15-7-5-14(23-2)6-8-15/h3-9H,10-11H2,1-2H3,(H,20,21). The van der Waals surface area contributed by atoms with Gasteiger partial charge in [0.25, 0.3) is 5.91 Å². The number of esters is 1. The van der Waals surface area contributed by atoms with Gasteiger partial charge in [-0.15, -0.1) is 11.8 Å². The summed E-state index contributed by atoms with van der Waals surface area (Å²) in [4.78, 5) is 24.5. The molecule has 0 bridgehead atoms. The molecule has 7 heteroatoms. The number of thioether (sulfide) groups is 1. The van der Waals surface area contributed by atoms with Crippen LogP contribution >= 0.6 is 23.4 Å². The van der Waals surface area contributed by atoms with Crippen LogP contribution in [-0.2, 0) is 14.3 Å². The second-order valence-corrected chi connectivity index (χ2v) is 6.62. The molecule has 2 rings (SSSR count). The largest absolute Gasteiger partial charge is 0.497 e. The van der Waals surface area contributed by atoms with Gasteiger partial charge in [-0.25, -0.2) is 0 Å². The number of rotatable bonds is 7. The van der Waals surface area contributed by atoms with Crippen molar-refractivity contribution in [1.29, 1.82) is 0 Å². The number of ether oxygens (including phenoxy) is 2. The quantitative estimate of drug-likeness (QED) is 0.583. The summed E-state index contributed by atoms with van der Waals surface area (Å²) in [6, 6.07) is 12.5. The predicted molar refractivity (Wildman–Crippen MR) is 99.5 cm³/mol. The number of halogens is 1. The Balaban J connectivity index is 1.75. The van der Waals surface area contributed by atoms with E-state index in [0.29, 0.717) is 10.7 Å². The normalized spacial score (nSPS) is 10.2. The van der Waals surface area contributed by atoms with Crippen molar-refractivity contribution in [3.05, 3.63) is 53.1 Å². The van der Waals surface area contributed by atoms with Gasteiger partial charge in [0.2, 0.25) is 0 Å². The molecule has 1 N–H and O–H groups in total. The van der Waals surface area contributed by atoms with Crippen molar-refractivity contribution in [2.45, 2.75) is 11.8 Å². The van der Waals surface area contributed by atoms with E-state index in [0.717, 1.165) is 16.2 Å². The summed E-state index contributed by atoms with van der Waals surface area (Å²) in [5.41, 5.74) is 1.47. The molecular weight excluding hydrogens is 362 g/mol. The molecule has 0 saturated heterocycles. The molecule has 0 spiro atoms. The Morgan fingerprint density at radius 2 is 1.88 bits per heavy atom. The molecule has 2 aromatic rings. The van der Waals surface area contributed by atoms with E-state index in [9.17, 15) is 9.59 Å². The molecule has 0 unspecified atom stereocenters. The Kier molecular flexibility index (Phi) is 7.16. The average molecular weight is 380 g/mol. The van der Waals surface area contributed by atoms with Crippen LogP contribution < -0.4 is 10.1 Å². The molecule has 0 aliphatic carbocycles. The summed E-state index contributed by atoms with van der Waals surface area (Å²) in [6.45, 7) is 1.51. The first kappa shape index (κ1) is 19.1. The van der Waals surface area contributed by atoms with Crippen LogP contribution in [0, 0.1) is 6.92 Å². The molecule has 0 radical (unpaired) electrons. The van der Waals surface area contributed by atoms with Gasteiger partial charge in [-0.2, -0.15) is 0 Å². The van der Waals surface area contributed by atoms with Crippen LogP contribution in [0.2, 0.25) is 5.02 Å². The third-order valence-corrected chi connectivity index (χ3v) is 4.47. The molecule has 132 valence electrons. The van der Waals surface area contributed by atoms with Crippen LogP contribution in [-0.4, -0.2) is 31.3 Å². The topological polar surface area (TPSA) is 64.6 Å². The molecule has 0 atom stereocenters. The molecule has 0 fully saturated rings. The minimum absolute atomic E-state index is 0.121. The van der Waals surface area contributed by atoms with E-state index in [2.05, 4.69) is 5.32 Å². The molecule has 25 heavy (non-hydrogen) atoms. The van der Waals surface area contributed by atoms with Crippen LogP contribution in [0.5, 0.6) is 5.75 Å². The Morgan fingerprint density at radius 3 is 2.56 bits per heavy atom. The SMILES string of the molecule is COc1ccc(SCC(=O)OCC(=O)Nc2cc(Cl)ccc2C)cc1. The molecule has 0 heterocycles. The molecule has 2 aromatic carbocycles. The third kappa shape index (κ3) is 6.32.